The molecule has 2 aromatic heterocycles. The average Bonchev–Trinajstić information content (AvgIpc) is 2.84. The first-order valence-corrected chi connectivity index (χ1v) is 5.12. The summed E-state index contributed by atoms with van der Waals surface area (Å²) >= 11 is 5.94. The summed E-state index contributed by atoms with van der Waals surface area (Å²) in [7, 11) is 0. The second-order valence-corrected chi connectivity index (χ2v) is 3.97. The minimum atomic E-state index is -0.287. The summed E-state index contributed by atoms with van der Waals surface area (Å²) in [5.41, 5.74) is 0.565. The predicted octanol–water partition coefficient (Wildman–Crippen LogP) is 1.47. The summed E-state index contributed by atoms with van der Waals surface area (Å²) in [6.07, 6.45) is 2.81. The number of rotatable bonds is 3. The molecule has 0 unspecified atom stereocenters. The summed E-state index contributed by atoms with van der Waals surface area (Å²) in [5.74, 6) is -0.287. The standard InChI is InChI=1S/C9H10ClN5O/c1-5(2)15-8(6(10)3-12-15)9(16)7-4-11-14-13-7/h3-5H,1-2H3,(H,11,13,14). The lowest BCUT2D eigenvalue weighted by atomic mass is 10.2. The Morgan fingerprint density at radius 2 is 2.25 bits per heavy atom. The highest BCUT2D eigenvalue weighted by atomic mass is 35.5. The van der Waals surface area contributed by atoms with Gasteiger partial charge in [-0.05, 0) is 13.8 Å². The number of carbonyl (C=O) groups excluding carboxylic acids is 1. The van der Waals surface area contributed by atoms with Gasteiger partial charge in [-0.3, -0.25) is 9.48 Å². The van der Waals surface area contributed by atoms with Crippen LogP contribution in [0.1, 0.15) is 36.1 Å². The molecule has 6 nitrogen and oxygen atoms in total. The fourth-order valence-corrected chi connectivity index (χ4v) is 1.59. The quantitative estimate of drug-likeness (QED) is 0.823. The summed E-state index contributed by atoms with van der Waals surface area (Å²) in [6, 6.07) is 0.0540. The van der Waals surface area contributed by atoms with Gasteiger partial charge in [0.25, 0.3) is 0 Å². The summed E-state index contributed by atoms with van der Waals surface area (Å²) in [6.45, 7) is 3.84. The third-order valence-corrected chi connectivity index (χ3v) is 2.38. The van der Waals surface area contributed by atoms with Crippen molar-refractivity contribution in [3.05, 3.63) is 28.8 Å². The van der Waals surface area contributed by atoms with Crippen molar-refractivity contribution < 1.29 is 4.79 Å². The zero-order chi connectivity index (χ0) is 11.7. The normalized spacial score (nSPS) is 11.0. The maximum atomic E-state index is 12.0. The Balaban J connectivity index is 2.48. The Kier molecular flexibility index (Phi) is 2.74. The van der Waals surface area contributed by atoms with Crippen LogP contribution in [0.25, 0.3) is 0 Å². The fraction of sp³-hybridized carbons (Fsp3) is 0.333. The van der Waals surface area contributed by atoms with E-state index in [4.69, 9.17) is 11.6 Å². The lowest BCUT2D eigenvalue weighted by Crippen LogP contribution is -2.14. The van der Waals surface area contributed by atoms with Gasteiger partial charge in [-0.2, -0.15) is 20.5 Å². The number of halogens is 1. The molecule has 0 aliphatic carbocycles. The molecule has 0 amide bonds. The molecule has 2 heterocycles. The molecule has 2 rings (SSSR count). The van der Waals surface area contributed by atoms with E-state index < -0.39 is 0 Å². The largest absolute Gasteiger partial charge is 0.285 e. The maximum absolute atomic E-state index is 12.0. The zero-order valence-electron chi connectivity index (χ0n) is 8.81. The zero-order valence-corrected chi connectivity index (χ0v) is 9.56. The summed E-state index contributed by atoms with van der Waals surface area (Å²) in [4.78, 5) is 12.0. The number of hydrogen-bond donors (Lipinski definition) is 1. The van der Waals surface area contributed by atoms with E-state index in [2.05, 4.69) is 20.5 Å². The monoisotopic (exact) mass is 239 g/mol. The van der Waals surface area contributed by atoms with E-state index >= 15 is 0 Å². The molecule has 0 aromatic carbocycles. The van der Waals surface area contributed by atoms with Crippen molar-refractivity contribution in [1.29, 1.82) is 0 Å². The van der Waals surface area contributed by atoms with Crippen LogP contribution < -0.4 is 0 Å². The lowest BCUT2D eigenvalue weighted by Gasteiger charge is -2.08. The van der Waals surface area contributed by atoms with Crippen LogP contribution in [0, 0.1) is 0 Å². The third-order valence-electron chi connectivity index (χ3n) is 2.10. The molecule has 0 saturated heterocycles. The number of carbonyl (C=O) groups is 1. The number of nitrogens with zero attached hydrogens (tertiary/aromatic N) is 4. The molecule has 0 aliphatic heterocycles. The number of hydrogen-bond acceptors (Lipinski definition) is 4. The summed E-state index contributed by atoms with van der Waals surface area (Å²) in [5, 5.41) is 14.1. The molecule has 0 bridgehead atoms. The van der Waals surface area contributed by atoms with Gasteiger partial charge in [0.05, 0.1) is 17.4 Å². The first-order chi connectivity index (χ1) is 7.61. The average molecular weight is 240 g/mol. The Morgan fingerprint density at radius 3 is 2.81 bits per heavy atom. The molecule has 84 valence electrons. The van der Waals surface area contributed by atoms with Gasteiger partial charge in [0.2, 0.25) is 5.78 Å². The first-order valence-electron chi connectivity index (χ1n) is 4.74. The van der Waals surface area contributed by atoms with Gasteiger partial charge in [0.15, 0.2) is 5.69 Å². The van der Waals surface area contributed by atoms with Gasteiger partial charge < -0.3 is 0 Å². The van der Waals surface area contributed by atoms with Crippen LogP contribution >= 0.6 is 11.6 Å². The van der Waals surface area contributed by atoms with Gasteiger partial charge >= 0.3 is 0 Å². The number of ketones is 1. The number of aromatic nitrogens is 5. The van der Waals surface area contributed by atoms with Crippen molar-refractivity contribution in [2.45, 2.75) is 19.9 Å². The third kappa shape index (κ3) is 1.71. The highest BCUT2D eigenvalue weighted by Crippen LogP contribution is 2.21. The Labute approximate surface area is 96.6 Å². The van der Waals surface area contributed by atoms with Crippen molar-refractivity contribution in [2.24, 2.45) is 0 Å². The minimum Gasteiger partial charge on any atom is -0.285 e. The molecule has 7 heteroatoms. The van der Waals surface area contributed by atoms with E-state index in [9.17, 15) is 4.79 Å². The van der Waals surface area contributed by atoms with Crippen LogP contribution in [0.5, 0.6) is 0 Å². The van der Waals surface area contributed by atoms with Crippen LogP contribution in [0.3, 0.4) is 0 Å². The van der Waals surface area contributed by atoms with E-state index in [1.807, 2.05) is 13.8 Å². The van der Waals surface area contributed by atoms with Crippen LogP contribution in [-0.2, 0) is 0 Å². The molecule has 0 atom stereocenters. The van der Waals surface area contributed by atoms with Gasteiger partial charge in [-0.15, -0.1) is 0 Å². The first kappa shape index (κ1) is 10.8. The highest BCUT2D eigenvalue weighted by Gasteiger charge is 2.22. The smallest absolute Gasteiger partial charge is 0.234 e. The molecule has 0 radical (unpaired) electrons. The molecular formula is C9H10ClN5O. The van der Waals surface area contributed by atoms with E-state index in [0.29, 0.717) is 10.7 Å². The molecule has 0 spiro atoms. The Hall–Kier alpha value is -1.69. The van der Waals surface area contributed by atoms with Crippen LogP contribution in [0.4, 0.5) is 0 Å². The number of nitrogens with one attached hydrogen (secondary N) is 1. The molecule has 0 fully saturated rings. The van der Waals surface area contributed by atoms with E-state index in [-0.39, 0.29) is 17.5 Å². The molecule has 1 N–H and O–H groups in total. The topological polar surface area (TPSA) is 76.5 Å². The lowest BCUT2D eigenvalue weighted by molar-refractivity contribution is 0.102. The fourth-order valence-electron chi connectivity index (χ4n) is 1.38. The van der Waals surface area contributed by atoms with Gasteiger partial charge in [0, 0.05) is 6.04 Å². The predicted molar refractivity (Wildman–Crippen MR) is 57.4 cm³/mol. The Bertz CT molecular complexity index is 502. The van der Waals surface area contributed by atoms with Crippen LogP contribution in [0.2, 0.25) is 5.02 Å². The SMILES string of the molecule is CC(C)n1ncc(Cl)c1C(=O)c1cn[nH]n1. The number of aromatic amines is 1. The second-order valence-electron chi connectivity index (χ2n) is 3.56. The van der Waals surface area contributed by atoms with E-state index in [0.717, 1.165) is 0 Å². The van der Waals surface area contributed by atoms with E-state index in [1.54, 1.807) is 4.68 Å². The van der Waals surface area contributed by atoms with Gasteiger partial charge in [0.1, 0.15) is 5.69 Å². The molecule has 0 aliphatic rings. The number of H-pyrrole nitrogens is 1. The van der Waals surface area contributed by atoms with Gasteiger partial charge in [-0.25, -0.2) is 0 Å². The van der Waals surface area contributed by atoms with Crippen molar-refractivity contribution in [3.63, 3.8) is 0 Å². The van der Waals surface area contributed by atoms with E-state index in [1.165, 1.54) is 12.4 Å². The van der Waals surface area contributed by atoms with Crippen molar-refractivity contribution in [1.82, 2.24) is 25.2 Å². The Morgan fingerprint density at radius 1 is 1.50 bits per heavy atom. The molecule has 2 aromatic rings. The summed E-state index contributed by atoms with van der Waals surface area (Å²) < 4.78 is 1.57. The van der Waals surface area contributed by atoms with Crippen molar-refractivity contribution >= 4 is 17.4 Å². The van der Waals surface area contributed by atoms with Crippen LogP contribution in [0.15, 0.2) is 12.4 Å². The maximum Gasteiger partial charge on any atom is 0.234 e. The highest BCUT2D eigenvalue weighted by molar-refractivity contribution is 6.34. The van der Waals surface area contributed by atoms with Crippen molar-refractivity contribution in [3.8, 4) is 0 Å². The molecule has 16 heavy (non-hydrogen) atoms. The molecular weight excluding hydrogens is 230 g/mol. The van der Waals surface area contributed by atoms with Gasteiger partial charge in [-0.1, -0.05) is 11.6 Å². The molecule has 0 saturated carbocycles. The van der Waals surface area contributed by atoms with Crippen molar-refractivity contribution in [2.75, 3.05) is 0 Å². The minimum absolute atomic E-state index is 0.0540. The van der Waals surface area contributed by atoms with Crippen LogP contribution in [-0.4, -0.2) is 31.0 Å². The second kappa shape index (κ2) is 4.05.